The third-order valence-electron chi connectivity index (χ3n) is 5.89. The molecule has 160 valence electrons. The normalized spacial score (nSPS) is 19.5. The highest BCUT2D eigenvalue weighted by atomic mass is 16.5. The number of carbonyl (C=O) groups excluding carboxylic acids is 1. The molecule has 3 N–H and O–H groups in total. The lowest BCUT2D eigenvalue weighted by Crippen LogP contribution is -2.36. The molecule has 1 fully saturated rings. The second kappa shape index (κ2) is 9.23. The Morgan fingerprint density at radius 2 is 1.55 bits per heavy atom. The number of amides is 1. The van der Waals surface area contributed by atoms with Crippen LogP contribution in [-0.4, -0.2) is 19.1 Å². The quantitative estimate of drug-likeness (QED) is 0.556. The molecule has 1 aliphatic rings. The van der Waals surface area contributed by atoms with Crippen molar-refractivity contribution in [1.82, 2.24) is 5.32 Å². The molecule has 1 aliphatic carbocycles. The van der Waals surface area contributed by atoms with Crippen LogP contribution in [-0.2, 0) is 24.4 Å². The van der Waals surface area contributed by atoms with Crippen LogP contribution in [0.2, 0.25) is 0 Å². The van der Waals surface area contributed by atoms with Crippen LogP contribution in [0.5, 0.6) is 11.5 Å². The fourth-order valence-electron chi connectivity index (χ4n) is 3.79. The maximum Gasteiger partial charge on any atom is 0.228 e. The average molecular weight is 417 g/mol. The van der Waals surface area contributed by atoms with Crippen LogP contribution in [0.15, 0.2) is 78.9 Å². The average Bonchev–Trinajstić information content (AvgIpc) is 3.48. The van der Waals surface area contributed by atoms with Crippen molar-refractivity contribution in [3.8, 4) is 11.5 Å². The summed E-state index contributed by atoms with van der Waals surface area (Å²) < 4.78 is 11.0. The Bertz CT molecular complexity index is 1000. The van der Waals surface area contributed by atoms with Gasteiger partial charge in [0.25, 0.3) is 0 Å². The lowest BCUT2D eigenvalue weighted by atomic mass is 9.94. The Morgan fingerprint density at radius 1 is 0.935 bits per heavy atom. The minimum Gasteiger partial charge on any atom is -0.497 e. The predicted molar refractivity (Wildman–Crippen MR) is 121 cm³/mol. The highest BCUT2D eigenvalue weighted by Crippen LogP contribution is 2.47. The van der Waals surface area contributed by atoms with Crippen LogP contribution in [0.25, 0.3) is 0 Å². The molecule has 2 atom stereocenters. The number of hydrogen-bond acceptors (Lipinski definition) is 4. The third-order valence-corrected chi connectivity index (χ3v) is 5.89. The zero-order chi connectivity index (χ0) is 21.7. The Hall–Kier alpha value is -3.31. The number of carbonyl (C=O) groups is 1. The third kappa shape index (κ3) is 5.06. The van der Waals surface area contributed by atoms with Crippen molar-refractivity contribution in [2.24, 2.45) is 11.1 Å². The zero-order valence-corrected chi connectivity index (χ0v) is 17.7. The van der Waals surface area contributed by atoms with E-state index in [-0.39, 0.29) is 11.9 Å². The van der Waals surface area contributed by atoms with Crippen molar-refractivity contribution in [3.05, 3.63) is 95.6 Å². The number of nitrogens with two attached hydrogens (primary N) is 1. The van der Waals surface area contributed by atoms with Gasteiger partial charge in [0.15, 0.2) is 0 Å². The molecule has 1 saturated carbocycles. The fraction of sp³-hybridized carbons (Fsp3) is 0.269. The highest BCUT2D eigenvalue weighted by Gasteiger charge is 2.57. The van der Waals surface area contributed by atoms with Crippen LogP contribution in [0, 0.1) is 5.41 Å². The molecular formula is C26H28N2O3. The largest absolute Gasteiger partial charge is 0.497 e. The van der Waals surface area contributed by atoms with Gasteiger partial charge in [0, 0.05) is 12.6 Å². The van der Waals surface area contributed by atoms with E-state index in [1.54, 1.807) is 7.11 Å². The summed E-state index contributed by atoms with van der Waals surface area (Å²) in [6.45, 7) is 1.01. The summed E-state index contributed by atoms with van der Waals surface area (Å²) in [5, 5.41) is 3.06. The molecule has 31 heavy (non-hydrogen) atoms. The molecule has 4 rings (SSSR count). The standard InChI is InChI=1S/C26H28N2O3/c1-30-22-11-9-20(10-12-22)17-28-25(29)26(16-24(26)27)15-19-7-13-23(14-8-19)31-18-21-5-3-2-4-6-21/h2-14,24H,15-18,27H2,1H3,(H,28,29)/t24-,26-/m0/s1. The Kier molecular flexibility index (Phi) is 6.23. The Balaban J connectivity index is 1.32. The molecule has 3 aromatic carbocycles. The van der Waals surface area contributed by atoms with Gasteiger partial charge in [-0.15, -0.1) is 0 Å². The second-order valence-corrected chi connectivity index (χ2v) is 8.09. The topological polar surface area (TPSA) is 73.6 Å². The first-order chi connectivity index (χ1) is 15.1. The van der Waals surface area contributed by atoms with Gasteiger partial charge in [0.1, 0.15) is 18.1 Å². The summed E-state index contributed by atoms with van der Waals surface area (Å²) in [5.41, 5.74) is 8.91. The van der Waals surface area contributed by atoms with E-state index in [0.29, 0.717) is 26.0 Å². The molecule has 1 amide bonds. The molecule has 0 bridgehead atoms. The van der Waals surface area contributed by atoms with E-state index in [4.69, 9.17) is 15.2 Å². The number of rotatable bonds is 9. The van der Waals surface area contributed by atoms with Crippen LogP contribution < -0.4 is 20.5 Å². The number of nitrogens with one attached hydrogen (secondary N) is 1. The molecular weight excluding hydrogens is 388 g/mol. The first-order valence-corrected chi connectivity index (χ1v) is 10.5. The van der Waals surface area contributed by atoms with Crippen molar-refractivity contribution in [2.45, 2.75) is 32.0 Å². The first kappa shape index (κ1) is 20.9. The zero-order valence-electron chi connectivity index (χ0n) is 17.7. The van der Waals surface area contributed by atoms with Crippen molar-refractivity contribution < 1.29 is 14.3 Å². The van der Waals surface area contributed by atoms with Crippen molar-refractivity contribution in [2.75, 3.05) is 7.11 Å². The van der Waals surface area contributed by atoms with Crippen LogP contribution in [0.3, 0.4) is 0 Å². The molecule has 0 heterocycles. The molecule has 0 spiro atoms. The number of hydrogen-bond donors (Lipinski definition) is 2. The molecule has 5 nitrogen and oxygen atoms in total. The summed E-state index contributed by atoms with van der Waals surface area (Å²) >= 11 is 0. The van der Waals surface area contributed by atoms with Crippen molar-refractivity contribution in [3.63, 3.8) is 0 Å². The van der Waals surface area contributed by atoms with Crippen LogP contribution >= 0.6 is 0 Å². The van der Waals surface area contributed by atoms with Gasteiger partial charge in [-0.3, -0.25) is 4.79 Å². The predicted octanol–water partition coefficient (Wildman–Crippen LogP) is 3.85. The number of methoxy groups -OCH3 is 1. The SMILES string of the molecule is COc1ccc(CNC(=O)[C@@]2(Cc3ccc(OCc4ccccc4)cc3)C[C@@H]2N)cc1. The van der Waals surface area contributed by atoms with Gasteiger partial charge in [-0.2, -0.15) is 0 Å². The maximum absolute atomic E-state index is 12.9. The lowest BCUT2D eigenvalue weighted by Gasteiger charge is -2.17. The van der Waals surface area contributed by atoms with E-state index in [9.17, 15) is 4.79 Å². The molecule has 0 saturated heterocycles. The number of ether oxygens (including phenoxy) is 2. The van der Waals surface area contributed by atoms with Gasteiger partial charge in [0.05, 0.1) is 12.5 Å². The van der Waals surface area contributed by atoms with Gasteiger partial charge in [-0.1, -0.05) is 54.6 Å². The van der Waals surface area contributed by atoms with Crippen LogP contribution in [0.4, 0.5) is 0 Å². The summed E-state index contributed by atoms with van der Waals surface area (Å²) in [6, 6.07) is 25.6. The summed E-state index contributed by atoms with van der Waals surface area (Å²) in [4.78, 5) is 12.9. The lowest BCUT2D eigenvalue weighted by molar-refractivity contribution is -0.126. The van der Waals surface area contributed by atoms with E-state index < -0.39 is 5.41 Å². The minimum absolute atomic E-state index is 0.0141. The summed E-state index contributed by atoms with van der Waals surface area (Å²) in [6.07, 6.45) is 1.33. The summed E-state index contributed by atoms with van der Waals surface area (Å²) in [7, 11) is 1.64. The van der Waals surface area contributed by atoms with Crippen LogP contribution in [0.1, 0.15) is 23.1 Å². The fourth-order valence-corrected chi connectivity index (χ4v) is 3.79. The van der Waals surface area contributed by atoms with E-state index in [1.165, 1.54) is 0 Å². The Labute approximate surface area is 183 Å². The first-order valence-electron chi connectivity index (χ1n) is 10.5. The van der Waals surface area contributed by atoms with E-state index in [1.807, 2.05) is 78.9 Å². The molecule has 0 radical (unpaired) electrons. The van der Waals surface area contributed by atoms with Gasteiger partial charge in [-0.25, -0.2) is 0 Å². The Morgan fingerprint density at radius 3 is 2.16 bits per heavy atom. The molecule has 5 heteroatoms. The van der Waals surface area contributed by atoms with Gasteiger partial charge in [-0.05, 0) is 53.8 Å². The minimum atomic E-state index is -0.529. The van der Waals surface area contributed by atoms with Gasteiger partial charge < -0.3 is 20.5 Å². The second-order valence-electron chi connectivity index (χ2n) is 8.09. The molecule has 0 unspecified atom stereocenters. The number of benzene rings is 3. The molecule has 0 aromatic heterocycles. The van der Waals surface area contributed by atoms with Crippen molar-refractivity contribution in [1.29, 1.82) is 0 Å². The van der Waals surface area contributed by atoms with E-state index in [0.717, 1.165) is 28.2 Å². The van der Waals surface area contributed by atoms with E-state index >= 15 is 0 Å². The smallest absolute Gasteiger partial charge is 0.228 e. The van der Waals surface area contributed by atoms with Gasteiger partial charge in [0.2, 0.25) is 5.91 Å². The molecule has 0 aliphatic heterocycles. The monoisotopic (exact) mass is 416 g/mol. The van der Waals surface area contributed by atoms with Gasteiger partial charge >= 0.3 is 0 Å². The van der Waals surface area contributed by atoms with E-state index in [2.05, 4.69) is 5.32 Å². The summed E-state index contributed by atoms with van der Waals surface area (Å²) in [5.74, 6) is 1.62. The highest BCUT2D eigenvalue weighted by molar-refractivity contribution is 5.87. The molecule has 3 aromatic rings. The van der Waals surface area contributed by atoms with Crippen molar-refractivity contribution >= 4 is 5.91 Å². The maximum atomic E-state index is 12.9.